The lowest BCUT2D eigenvalue weighted by Crippen LogP contribution is -2.43. The van der Waals surface area contributed by atoms with Crippen LogP contribution in [0.25, 0.3) is 0 Å². The van der Waals surface area contributed by atoms with E-state index in [2.05, 4.69) is 27.4 Å². The van der Waals surface area contributed by atoms with Crippen LogP contribution in [0.3, 0.4) is 0 Å². The molecule has 2 heteroatoms. The maximum absolute atomic E-state index is 11.4. The largest absolute Gasteiger partial charge is 0.339 e. The van der Waals surface area contributed by atoms with Gasteiger partial charge in [0.25, 0.3) is 0 Å². The van der Waals surface area contributed by atoms with E-state index in [1.54, 1.807) is 0 Å². The molecule has 0 aromatic rings. The van der Waals surface area contributed by atoms with E-state index in [0.717, 1.165) is 25.9 Å². The van der Waals surface area contributed by atoms with Crippen LogP contribution in [0.5, 0.6) is 0 Å². The second kappa shape index (κ2) is 4.16. The van der Waals surface area contributed by atoms with Crippen molar-refractivity contribution in [2.45, 2.75) is 33.6 Å². The van der Waals surface area contributed by atoms with Gasteiger partial charge in [0.1, 0.15) is 0 Å². The maximum Gasteiger partial charge on any atom is 0.245 e. The molecule has 0 saturated carbocycles. The molecule has 0 unspecified atom stereocenters. The Bertz CT molecular complexity index is 224. The molecule has 2 nitrogen and oxygen atoms in total. The molecule has 0 aliphatic carbocycles. The molecule has 14 heavy (non-hydrogen) atoms. The normalized spacial score (nSPS) is 21.0. The highest BCUT2D eigenvalue weighted by molar-refractivity contribution is 5.87. The molecule has 1 fully saturated rings. The lowest BCUT2D eigenvalue weighted by molar-refractivity contribution is -0.128. The fraction of sp³-hybridized carbons (Fsp3) is 0.750. The molecule has 0 spiro atoms. The molecule has 1 saturated heterocycles. The van der Waals surface area contributed by atoms with Crippen LogP contribution >= 0.6 is 0 Å². The molecular weight excluding hydrogens is 174 g/mol. The van der Waals surface area contributed by atoms with Gasteiger partial charge in [-0.05, 0) is 30.3 Å². The summed E-state index contributed by atoms with van der Waals surface area (Å²) >= 11 is 0. The molecular formula is C12H21NO. The van der Waals surface area contributed by atoms with Gasteiger partial charge in [-0.3, -0.25) is 4.79 Å². The molecule has 80 valence electrons. The Kier molecular flexibility index (Phi) is 3.35. The van der Waals surface area contributed by atoms with Gasteiger partial charge in [0, 0.05) is 13.1 Å². The molecule has 1 aliphatic rings. The summed E-state index contributed by atoms with van der Waals surface area (Å²) in [7, 11) is 0. The Morgan fingerprint density at radius 3 is 2.29 bits per heavy atom. The number of hydrogen-bond acceptors (Lipinski definition) is 1. The lowest BCUT2D eigenvalue weighted by atomic mass is 9.72. The fourth-order valence-corrected chi connectivity index (χ4v) is 1.94. The van der Waals surface area contributed by atoms with E-state index in [4.69, 9.17) is 0 Å². The first kappa shape index (κ1) is 11.3. The van der Waals surface area contributed by atoms with E-state index < -0.39 is 0 Å². The molecule has 1 rings (SSSR count). The Hall–Kier alpha value is -0.790. The zero-order valence-electron chi connectivity index (χ0n) is 9.55. The van der Waals surface area contributed by atoms with Crippen LogP contribution in [-0.4, -0.2) is 23.9 Å². The van der Waals surface area contributed by atoms with Crippen molar-refractivity contribution < 1.29 is 4.79 Å². The van der Waals surface area contributed by atoms with Gasteiger partial charge < -0.3 is 4.90 Å². The summed E-state index contributed by atoms with van der Waals surface area (Å²) in [6, 6.07) is 0. The molecule has 0 aromatic carbocycles. The van der Waals surface area contributed by atoms with Crippen molar-refractivity contribution >= 4 is 5.91 Å². The minimum absolute atomic E-state index is 0.0795. The monoisotopic (exact) mass is 195 g/mol. The Morgan fingerprint density at radius 2 is 1.93 bits per heavy atom. The number of hydrogen-bond donors (Lipinski definition) is 0. The summed E-state index contributed by atoms with van der Waals surface area (Å²) in [5.74, 6) is 0.777. The van der Waals surface area contributed by atoms with Crippen LogP contribution < -0.4 is 0 Å². The van der Waals surface area contributed by atoms with Crippen LogP contribution in [-0.2, 0) is 4.79 Å². The summed E-state index contributed by atoms with van der Waals surface area (Å²) in [6.07, 6.45) is 3.65. The summed E-state index contributed by atoms with van der Waals surface area (Å²) < 4.78 is 0. The molecule has 0 atom stereocenters. The van der Waals surface area contributed by atoms with E-state index in [9.17, 15) is 4.79 Å². The van der Waals surface area contributed by atoms with Gasteiger partial charge in [-0.25, -0.2) is 0 Å². The van der Waals surface area contributed by atoms with Crippen molar-refractivity contribution in [1.29, 1.82) is 0 Å². The molecule has 0 radical (unpaired) electrons. The number of nitrogens with zero attached hydrogens (tertiary/aromatic N) is 1. The molecule has 1 aliphatic heterocycles. The highest BCUT2D eigenvalue weighted by atomic mass is 16.2. The summed E-state index contributed by atoms with van der Waals surface area (Å²) in [5, 5.41) is 0. The topological polar surface area (TPSA) is 20.3 Å². The Morgan fingerprint density at radius 1 is 1.43 bits per heavy atom. The van der Waals surface area contributed by atoms with E-state index in [1.807, 2.05) is 4.90 Å². The predicted octanol–water partition coefficient (Wildman–Crippen LogP) is 2.46. The van der Waals surface area contributed by atoms with Gasteiger partial charge in [-0.2, -0.15) is 0 Å². The lowest BCUT2D eigenvalue weighted by Gasteiger charge is -2.41. The van der Waals surface area contributed by atoms with E-state index in [0.29, 0.717) is 11.3 Å². The first-order valence-corrected chi connectivity index (χ1v) is 5.41. The van der Waals surface area contributed by atoms with E-state index in [-0.39, 0.29) is 5.91 Å². The van der Waals surface area contributed by atoms with Crippen molar-refractivity contribution in [2.75, 3.05) is 13.1 Å². The van der Waals surface area contributed by atoms with Crippen molar-refractivity contribution in [3.05, 3.63) is 12.7 Å². The fourth-order valence-electron chi connectivity index (χ4n) is 1.94. The minimum Gasteiger partial charge on any atom is -0.339 e. The smallest absolute Gasteiger partial charge is 0.245 e. The highest BCUT2D eigenvalue weighted by Crippen LogP contribution is 2.37. The third-order valence-electron chi connectivity index (χ3n) is 3.79. The average Bonchev–Trinajstić information content (AvgIpc) is 2.17. The van der Waals surface area contributed by atoms with Gasteiger partial charge in [-0.1, -0.05) is 27.4 Å². The number of carbonyl (C=O) groups is 1. The minimum atomic E-state index is 0.0795. The van der Waals surface area contributed by atoms with Gasteiger partial charge in [-0.15, -0.1) is 0 Å². The number of likely N-dealkylation sites (tertiary alicyclic amines) is 1. The summed E-state index contributed by atoms with van der Waals surface area (Å²) in [4.78, 5) is 13.3. The molecule has 0 N–H and O–H groups in total. The van der Waals surface area contributed by atoms with Crippen molar-refractivity contribution in [3.8, 4) is 0 Å². The number of carbonyl (C=O) groups excluding carboxylic acids is 1. The molecule has 1 heterocycles. The van der Waals surface area contributed by atoms with E-state index >= 15 is 0 Å². The van der Waals surface area contributed by atoms with Gasteiger partial charge >= 0.3 is 0 Å². The third-order valence-corrected chi connectivity index (χ3v) is 3.79. The zero-order valence-corrected chi connectivity index (χ0v) is 9.55. The van der Waals surface area contributed by atoms with Gasteiger partial charge in [0.2, 0.25) is 5.91 Å². The molecule has 0 aromatic heterocycles. The first-order chi connectivity index (χ1) is 6.49. The average molecular weight is 195 g/mol. The third kappa shape index (κ3) is 2.17. The maximum atomic E-state index is 11.4. The first-order valence-electron chi connectivity index (χ1n) is 5.41. The summed E-state index contributed by atoms with van der Waals surface area (Å²) in [5.41, 5.74) is 0.415. The standard InChI is InChI=1S/C12H21NO/c1-5-11(14)13-8-6-12(4,7-9-13)10(2)3/h5,10H,1,6-9H2,2-4H3. The van der Waals surface area contributed by atoms with Crippen LogP contribution in [0.2, 0.25) is 0 Å². The highest BCUT2D eigenvalue weighted by Gasteiger charge is 2.33. The Labute approximate surface area is 87.0 Å². The number of piperidine rings is 1. The van der Waals surface area contributed by atoms with E-state index in [1.165, 1.54) is 6.08 Å². The van der Waals surface area contributed by atoms with Crippen molar-refractivity contribution in [3.63, 3.8) is 0 Å². The number of rotatable bonds is 2. The van der Waals surface area contributed by atoms with Crippen LogP contribution in [0.15, 0.2) is 12.7 Å². The van der Waals surface area contributed by atoms with Gasteiger partial charge in [0.05, 0.1) is 0 Å². The quantitative estimate of drug-likeness (QED) is 0.620. The molecule has 1 amide bonds. The number of amides is 1. The Balaban J connectivity index is 2.53. The van der Waals surface area contributed by atoms with Crippen LogP contribution in [0, 0.1) is 11.3 Å². The molecule has 0 bridgehead atoms. The van der Waals surface area contributed by atoms with Crippen molar-refractivity contribution in [2.24, 2.45) is 11.3 Å². The van der Waals surface area contributed by atoms with Gasteiger partial charge in [0.15, 0.2) is 0 Å². The van der Waals surface area contributed by atoms with Crippen molar-refractivity contribution in [1.82, 2.24) is 4.90 Å². The second-order valence-electron chi connectivity index (χ2n) is 4.84. The van der Waals surface area contributed by atoms with Crippen LogP contribution in [0.1, 0.15) is 33.6 Å². The predicted molar refractivity (Wildman–Crippen MR) is 59.0 cm³/mol. The SMILES string of the molecule is C=CC(=O)N1CCC(C)(C(C)C)CC1. The summed E-state index contributed by atoms with van der Waals surface area (Å²) in [6.45, 7) is 12.2. The zero-order chi connectivity index (χ0) is 10.8. The second-order valence-corrected chi connectivity index (χ2v) is 4.84. The van der Waals surface area contributed by atoms with Crippen LogP contribution in [0.4, 0.5) is 0 Å².